The Balaban J connectivity index is 1.79. The van der Waals surface area contributed by atoms with Crippen molar-refractivity contribution in [2.45, 2.75) is 25.3 Å². The normalized spacial score (nSPS) is 16.4. The maximum atomic E-state index is 11.2. The quantitative estimate of drug-likeness (QED) is 0.801. The Hall–Kier alpha value is -2.89. The molecule has 1 atom stereocenters. The SMILES string of the molecule is O=C(O)Cn1nc(-c2ccco2)nc1[C@@H]1CCc2ccccc21. The highest BCUT2D eigenvalue weighted by Crippen LogP contribution is 2.37. The van der Waals surface area contributed by atoms with Crippen molar-refractivity contribution < 1.29 is 14.3 Å². The Kier molecular flexibility index (Phi) is 3.22. The fourth-order valence-electron chi connectivity index (χ4n) is 3.19. The molecule has 4 rings (SSSR count). The summed E-state index contributed by atoms with van der Waals surface area (Å²) in [6.45, 7) is -0.207. The number of carbonyl (C=O) groups is 1. The van der Waals surface area contributed by atoms with Gasteiger partial charge in [0.15, 0.2) is 5.76 Å². The summed E-state index contributed by atoms with van der Waals surface area (Å²) in [7, 11) is 0. The molecule has 2 aromatic heterocycles. The smallest absolute Gasteiger partial charge is 0.325 e. The number of furan rings is 1. The van der Waals surface area contributed by atoms with Crippen LogP contribution < -0.4 is 0 Å². The van der Waals surface area contributed by atoms with Gasteiger partial charge in [-0.3, -0.25) is 4.79 Å². The summed E-state index contributed by atoms with van der Waals surface area (Å²) >= 11 is 0. The Bertz CT molecular complexity index is 852. The van der Waals surface area contributed by atoms with Crippen LogP contribution in [-0.2, 0) is 17.8 Å². The van der Waals surface area contributed by atoms with Crippen LogP contribution in [0.15, 0.2) is 47.1 Å². The van der Waals surface area contributed by atoms with Gasteiger partial charge in [-0.25, -0.2) is 9.67 Å². The third-order valence-electron chi connectivity index (χ3n) is 4.17. The second kappa shape index (κ2) is 5.39. The zero-order valence-electron chi connectivity index (χ0n) is 12.3. The van der Waals surface area contributed by atoms with Gasteiger partial charge in [0.2, 0.25) is 5.82 Å². The molecule has 0 spiro atoms. The van der Waals surface area contributed by atoms with Gasteiger partial charge in [0, 0.05) is 5.92 Å². The van der Waals surface area contributed by atoms with Crippen molar-refractivity contribution in [2.24, 2.45) is 0 Å². The van der Waals surface area contributed by atoms with Crippen molar-refractivity contribution in [3.63, 3.8) is 0 Å². The van der Waals surface area contributed by atoms with Crippen LogP contribution >= 0.6 is 0 Å². The molecular weight excluding hydrogens is 294 g/mol. The second-order valence-corrected chi connectivity index (χ2v) is 5.61. The van der Waals surface area contributed by atoms with Gasteiger partial charge < -0.3 is 9.52 Å². The van der Waals surface area contributed by atoms with Crippen LogP contribution in [0.2, 0.25) is 0 Å². The molecule has 0 unspecified atom stereocenters. The van der Waals surface area contributed by atoms with Gasteiger partial charge in [-0.2, -0.15) is 0 Å². The molecule has 23 heavy (non-hydrogen) atoms. The summed E-state index contributed by atoms with van der Waals surface area (Å²) in [5, 5.41) is 13.5. The van der Waals surface area contributed by atoms with E-state index in [4.69, 9.17) is 9.52 Å². The lowest BCUT2D eigenvalue weighted by Gasteiger charge is -2.11. The molecule has 6 heteroatoms. The molecule has 0 radical (unpaired) electrons. The molecule has 6 nitrogen and oxygen atoms in total. The summed E-state index contributed by atoms with van der Waals surface area (Å²) in [5.41, 5.74) is 2.50. The number of nitrogens with zero attached hydrogens (tertiary/aromatic N) is 3. The van der Waals surface area contributed by atoms with E-state index in [-0.39, 0.29) is 12.5 Å². The number of aryl methyl sites for hydroxylation is 1. The average Bonchev–Trinajstić information content (AvgIpc) is 3.25. The van der Waals surface area contributed by atoms with Gasteiger partial charge in [-0.15, -0.1) is 5.10 Å². The number of fused-ring (bicyclic) bond motifs is 1. The molecule has 2 heterocycles. The van der Waals surface area contributed by atoms with E-state index in [9.17, 15) is 4.79 Å². The summed E-state index contributed by atoms with van der Waals surface area (Å²) in [4.78, 5) is 15.7. The van der Waals surface area contributed by atoms with Gasteiger partial charge >= 0.3 is 5.97 Å². The van der Waals surface area contributed by atoms with Gasteiger partial charge in [-0.1, -0.05) is 24.3 Å². The van der Waals surface area contributed by atoms with Crippen LogP contribution in [0.1, 0.15) is 29.3 Å². The average molecular weight is 309 g/mol. The van der Waals surface area contributed by atoms with Crippen molar-refractivity contribution in [2.75, 3.05) is 0 Å². The van der Waals surface area contributed by atoms with E-state index in [2.05, 4.69) is 22.2 Å². The number of carboxylic acids is 1. The van der Waals surface area contributed by atoms with Crippen LogP contribution in [0.3, 0.4) is 0 Å². The van der Waals surface area contributed by atoms with Crippen LogP contribution in [0.25, 0.3) is 11.6 Å². The Morgan fingerprint density at radius 2 is 2.17 bits per heavy atom. The molecule has 1 N–H and O–H groups in total. The van der Waals surface area contributed by atoms with E-state index in [0.717, 1.165) is 12.8 Å². The van der Waals surface area contributed by atoms with Crippen molar-refractivity contribution in [3.05, 3.63) is 59.6 Å². The molecular formula is C17H15N3O3. The number of aromatic nitrogens is 3. The largest absolute Gasteiger partial charge is 0.480 e. The number of aliphatic carboxylic acids is 1. The first-order valence-corrected chi connectivity index (χ1v) is 7.50. The van der Waals surface area contributed by atoms with Crippen molar-refractivity contribution in [3.8, 4) is 11.6 Å². The fourth-order valence-corrected chi connectivity index (χ4v) is 3.19. The van der Waals surface area contributed by atoms with E-state index in [1.54, 1.807) is 18.4 Å². The van der Waals surface area contributed by atoms with Crippen LogP contribution in [-0.4, -0.2) is 25.8 Å². The molecule has 0 saturated heterocycles. The fraction of sp³-hybridized carbons (Fsp3) is 0.235. The molecule has 0 fully saturated rings. The molecule has 116 valence electrons. The Morgan fingerprint density at radius 3 is 2.96 bits per heavy atom. The lowest BCUT2D eigenvalue weighted by molar-refractivity contribution is -0.137. The number of benzene rings is 1. The van der Waals surface area contributed by atoms with Crippen molar-refractivity contribution in [1.29, 1.82) is 0 Å². The molecule has 1 aliphatic rings. The Morgan fingerprint density at radius 1 is 1.30 bits per heavy atom. The number of hydrogen-bond donors (Lipinski definition) is 1. The lowest BCUT2D eigenvalue weighted by atomic mass is 10.0. The zero-order chi connectivity index (χ0) is 15.8. The standard InChI is InChI=1S/C17H15N3O3/c21-15(22)10-20-17(18-16(19-20)14-6-3-9-23-14)13-8-7-11-4-1-2-5-12(11)13/h1-6,9,13H,7-8,10H2,(H,21,22)/t13-/m1/s1. The minimum atomic E-state index is -0.937. The van der Waals surface area contributed by atoms with E-state index in [1.165, 1.54) is 15.8 Å². The predicted octanol–water partition coefficient (Wildman–Crippen LogP) is 2.70. The maximum absolute atomic E-state index is 11.2. The third-order valence-corrected chi connectivity index (χ3v) is 4.17. The van der Waals surface area contributed by atoms with Gasteiger partial charge in [0.25, 0.3) is 0 Å². The third kappa shape index (κ3) is 2.42. The minimum Gasteiger partial charge on any atom is -0.480 e. The summed E-state index contributed by atoms with van der Waals surface area (Å²) in [6.07, 6.45) is 3.43. The molecule has 1 aliphatic carbocycles. The van der Waals surface area contributed by atoms with E-state index < -0.39 is 5.97 Å². The maximum Gasteiger partial charge on any atom is 0.325 e. The first-order valence-electron chi connectivity index (χ1n) is 7.50. The first kappa shape index (κ1) is 13.8. The van der Waals surface area contributed by atoms with Crippen molar-refractivity contribution in [1.82, 2.24) is 14.8 Å². The summed E-state index contributed by atoms with van der Waals surface area (Å²) in [6, 6.07) is 11.8. The van der Waals surface area contributed by atoms with E-state index >= 15 is 0 Å². The molecule has 0 bridgehead atoms. The predicted molar refractivity (Wildman–Crippen MR) is 82.0 cm³/mol. The monoisotopic (exact) mass is 309 g/mol. The number of hydrogen-bond acceptors (Lipinski definition) is 4. The first-order chi connectivity index (χ1) is 11.2. The zero-order valence-corrected chi connectivity index (χ0v) is 12.3. The number of rotatable bonds is 4. The molecule has 0 amide bonds. The highest BCUT2D eigenvalue weighted by atomic mass is 16.4. The van der Waals surface area contributed by atoms with Gasteiger partial charge in [0.1, 0.15) is 12.4 Å². The van der Waals surface area contributed by atoms with Crippen molar-refractivity contribution >= 4 is 5.97 Å². The topological polar surface area (TPSA) is 81.1 Å². The highest BCUT2D eigenvalue weighted by Gasteiger charge is 2.29. The molecule has 0 saturated carbocycles. The Labute approximate surface area is 132 Å². The molecule has 0 aliphatic heterocycles. The number of carboxylic acid groups (broad SMARTS) is 1. The van der Waals surface area contributed by atoms with E-state index in [1.807, 2.05) is 12.1 Å². The van der Waals surface area contributed by atoms with Gasteiger partial charge in [-0.05, 0) is 36.1 Å². The van der Waals surface area contributed by atoms with Crippen LogP contribution in [0.4, 0.5) is 0 Å². The molecule has 1 aromatic carbocycles. The summed E-state index contributed by atoms with van der Waals surface area (Å²) in [5.74, 6) is 0.788. The van der Waals surface area contributed by atoms with Crippen LogP contribution in [0, 0.1) is 0 Å². The van der Waals surface area contributed by atoms with Crippen LogP contribution in [0.5, 0.6) is 0 Å². The van der Waals surface area contributed by atoms with E-state index in [0.29, 0.717) is 17.4 Å². The summed E-state index contributed by atoms with van der Waals surface area (Å²) < 4.78 is 6.82. The minimum absolute atomic E-state index is 0.0711. The highest BCUT2D eigenvalue weighted by molar-refractivity contribution is 5.66. The lowest BCUT2D eigenvalue weighted by Crippen LogP contribution is -2.15. The second-order valence-electron chi connectivity index (χ2n) is 5.61. The molecule has 3 aromatic rings. The van der Waals surface area contributed by atoms with Gasteiger partial charge in [0.05, 0.1) is 6.26 Å².